The Labute approximate surface area is 206 Å². The van der Waals surface area contributed by atoms with Gasteiger partial charge in [-0.3, -0.25) is 4.79 Å². The van der Waals surface area contributed by atoms with Gasteiger partial charge in [0.15, 0.2) is 0 Å². The van der Waals surface area contributed by atoms with Gasteiger partial charge in [-0.2, -0.15) is 0 Å². The molecule has 2 N–H and O–H groups in total. The van der Waals surface area contributed by atoms with Crippen LogP contribution < -0.4 is 15.4 Å². The molecule has 5 nitrogen and oxygen atoms in total. The number of hydrogen-bond acceptors (Lipinski definition) is 4. The van der Waals surface area contributed by atoms with E-state index < -0.39 is 0 Å². The summed E-state index contributed by atoms with van der Waals surface area (Å²) in [5.74, 6) is 2.08. The second kappa shape index (κ2) is 12.8. The molecule has 1 fully saturated rings. The van der Waals surface area contributed by atoms with E-state index in [0.29, 0.717) is 24.5 Å². The molecule has 0 saturated carbocycles. The fraction of sp³-hybridized carbons (Fsp3) is 0.552. The van der Waals surface area contributed by atoms with E-state index in [1.165, 1.54) is 11.3 Å². The fourth-order valence-corrected chi connectivity index (χ4v) is 4.64. The van der Waals surface area contributed by atoms with Crippen LogP contribution in [-0.4, -0.2) is 42.5 Å². The van der Waals surface area contributed by atoms with E-state index in [-0.39, 0.29) is 11.9 Å². The lowest BCUT2D eigenvalue weighted by molar-refractivity contribution is -0.134. The summed E-state index contributed by atoms with van der Waals surface area (Å²) in [6.45, 7) is 11.9. The SMILES string of the molecule is CC(C)CCN(c1ccc(OCc2ccccc2)cc1)C1CCN(C(=O)C(N)CC(C)C)CC1. The third-order valence-electron chi connectivity index (χ3n) is 6.62. The lowest BCUT2D eigenvalue weighted by Crippen LogP contribution is -2.51. The van der Waals surface area contributed by atoms with Gasteiger partial charge in [-0.15, -0.1) is 0 Å². The highest BCUT2D eigenvalue weighted by molar-refractivity contribution is 5.81. The highest BCUT2D eigenvalue weighted by Crippen LogP contribution is 2.27. The lowest BCUT2D eigenvalue weighted by atomic mass is 9.98. The van der Waals surface area contributed by atoms with Crippen molar-refractivity contribution >= 4 is 11.6 Å². The predicted molar refractivity (Wildman–Crippen MR) is 141 cm³/mol. The summed E-state index contributed by atoms with van der Waals surface area (Å²) < 4.78 is 5.99. The number of hydrogen-bond donors (Lipinski definition) is 1. The van der Waals surface area contributed by atoms with Crippen molar-refractivity contribution in [1.82, 2.24) is 4.90 Å². The number of carbonyl (C=O) groups is 1. The van der Waals surface area contributed by atoms with Gasteiger partial charge in [0, 0.05) is 31.4 Å². The van der Waals surface area contributed by atoms with Crippen LogP contribution in [0, 0.1) is 11.8 Å². The molecule has 186 valence electrons. The molecule has 1 unspecified atom stereocenters. The van der Waals surface area contributed by atoms with Crippen molar-refractivity contribution in [3.05, 3.63) is 60.2 Å². The number of anilines is 1. The number of amides is 1. The monoisotopic (exact) mass is 465 g/mol. The molecule has 0 aromatic heterocycles. The molecule has 0 spiro atoms. The van der Waals surface area contributed by atoms with E-state index in [2.05, 4.69) is 69.0 Å². The second-order valence-corrected chi connectivity index (χ2v) is 10.4. The summed E-state index contributed by atoms with van der Waals surface area (Å²) in [5.41, 5.74) is 8.57. The highest BCUT2D eigenvalue weighted by atomic mass is 16.5. The minimum atomic E-state index is -0.378. The van der Waals surface area contributed by atoms with Crippen molar-refractivity contribution in [3.63, 3.8) is 0 Å². The molecule has 2 aromatic rings. The number of likely N-dealkylation sites (tertiary alicyclic amines) is 1. The van der Waals surface area contributed by atoms with Crippen molar-refractivity contribution in [3.8, 4) is 5.75 Å². The first-order valence-electron chi connectivity index (χ1n) is 12.9. The van der Waals surface area contributed by atoms with Gasteiger partial charge in [-0.25, -0.2) is 0 Å². The molecule has 1 heterocycles. The minimum absolute atomic E-state index is 0.112. The maximum absolute atomic E-state index is 12.8. The van der Waals surface area contributed by atoms with E-state index >= 15 is 0 Å². The molecule has 0 aliphatic carbocycles. The minimum Gasteiger partial charge on any atom is -0.489 e. The quantitative estimate of drug-likeness (QED) is 0.477. The molecule has 1 atom stereocenters. The van der Waals surface area contributed by atoms with Gasteiger partial charge < -0.3 is 20.3 Å². The van der Waals surface area contributed by atoms with Gasteiger partial charge in [-0.05, 0) is 67.3 Å². The zero-order valence-electron chi connectivity index (χ0n) is 21.5. The average molecular weight is 466 g/mol. The van der Waals surface area contributed by atoms with Crippen LogP contribution in [0.1, 0.15) is 58.9 Å². The molecule has 34 heavy (non-hydrogen) atoms. The number of nitrogens with zero attached hydrogens (tertiary/aromatic N) is 2. The summed E-state index contributed by atoms with van der Waals surface area (Å²) in [4.78, 5) is 17.3. The maximum Gasteiger partial charge on any atom is 0.239 e. The molecule has 0 radical (unpaired) electrons. The first kappa shape index (κ1) is 26.1. The van der Waals surface area contributed by atoms with E-state index in [1.54, 1.807) is 0 Å². The fourth-order valence-electron chi connectivity index (χ4n) is 4.64. The largest absolute Gasteiger partial charge is 0.489 e. The van der Waals surface area contributed by atoms with Crippen molar-refractivity contribution in [2.75, 3.05) is 24.5 Å². The summed E-state index contributed by atoms with van der Waals surface area (Å²) in [5, 5.41) is 0. The third-order valence-corrected chi connectivity index (χ3v) is 6.62. The third kappa shape index (κ3) is 7.76. The first-order valence-corrected chi connectivity index (χ1v) is 12.9. The first-order chi connectivity index (χ1) is 16.3. The topological polar surface area (TPSA) is 58.8 Å². The number of rotatable bonds is 11. The summed E-state index contributed by atoms with van der Waals surface area (Å²) in [6.07, 6.45) is 3.84. The average Bonchev–Trinajstić information content (AvgIpc) is 2.83. The molecule has 3 rings (SSSR count). The summed E-state index contributed by atoms with van der Waals surface area (Å²) in [6, 6.07) is 18.8. The molecule has 1 saturated heterocycles. The molecular weight excluding hydrogens is 422 g/mol. The van der Waals surface area contributed by atoms with Gasteiger partial charge in [0.2, 0.25) is 5.91 Å². The predicted octanol–water partition coefficient (Wildman–Crippen LogP) is 5.48. The lowest BCUT2D eigenvalue weighted by Gasteiger charge is -2.41. The van der Waals surface area contributed by atoms with E-state index in [4.69, 9.17) is 10.5 Å². The Hall–Kier alpha value is -2.53. The van der Waals surface area contributed by atoms with Crippen LogP contribution in [0.3, 0.4) is 0 Å². The van der Waals surface area contributed by atoms with E-state index in [9.17, 15) is 4.79 Å². The second-order valence-electron chi connectivity index (χ2n) is 10.4. The Bertz CT molecular complexity index is 859. The Morgan fingerprint density at radius 2 is 1.65 bits per heavy atom. The molecule has 1 aliphatic heterocycles. The zero-order valence-corrected chi connectivity index (χ0v) is 21.5. The van der Waals surface area contributed by atoms with Crippen molar-refractivity contribution in [1.29, 1.82) is 0 Å². The van der Waals surface area contributed by atoms with Crippen molar-refractivity contribution < 1.29 is 9.53 Å². The number of ether oxygens (including phenoxy) is 1. The summed E-state index contributed by atoms with van der Waals surface area (Å²) in [7, 11) is 0. The molecule has 1 aliphatic rings. The van der Waals surface area contributed by atoms with Gasteiger partial charge in [-0.1, -0.05) is 58.0 Å². The van der Waals surface area contributed by atoms with E-state index in [0.717, 1.165) is 51.1 Å². The zero-order chi connectivity index (χ0) is 24.5. The Morgan fingerprint density at radius 1 is 1.00 bits per heavy atom. The van der Waals surface area contributed by atoms with Crippen LogP contribution in [0.15, 0.2) is 54.6 Å². The molecule has 2 aromatic carbocycles. The van der Waals surface area contributed by atoms with Crippen LogP contribution in [0.25, 0.3) is 0 Å². The molecular formula is C29H43N3O2. The van der Waals surface area contributed by atoms with E-state index in [1.807, 2.05) is 23.1 Å². The van der Waals surface area contributed by atoms with Crippen LogP contribution in [0.4, 0.5) is 5.69 Å². The Morgan fingerprint density at radius 3 is 2.24 bits per heavy atom. The number of carbonyl (C=O) groups excluding carboxylic acids is 1. The number of nitrogens with two attached hydrogens (primary N) is 1. The molecule has 5 heteroatoms. The maximum atomic E-state index is 12.8. The van der Waals surface area contributed by atoms with Gasteiger partial charge in [0.1, 0.15) is 12.4 Å². The van der Waals surface area contributed by atoms with Crippen molar-refractivity contribution in [2.24, 2.45) is 17.6 Å². The normalized spacial score (nSPS) is 15.6. The Balaban J connectivity index is 1.61. The van der Waals surface area contributed by atoms with Crippen LogP contribution in [0.2, 0.25) is 0 Å². The summed E-state index contributed by atoms with van der Waals surface area (Å²) >= 11 is 0. The molecule has 0 bridgehead atoms. The number of benzene rings is 2. The van der Waals surface area contributed by atoms with Gasteiger partial charge in [0.25, 0.3) is 0 Å². The number of piperidine rings is 1. The smallest absolute Gasteiger partial charge is 0.239 e. The van der Waals surface area contributed by atoms with Gasteiger partial charge >= 0.3 is 0 Å². The van der Waals surface area contributed by atoms with Gasteiger partial charge in [0.05, 0.1) is 6.04 Å². The van der Waals surface area contributed by atoms with Crippen molar-refractivity contribution in [2.45, 2.75) is 72.1 Å². The standard InChI is InChI=1S/C29H43N3O2/c1-22(2)14-19-32(26-15-17-31(18-16-26)29(33)28(30)20-23(3)4)25-10-12-27(13-11-25)34-21-24-8-6-5-7-9-24/h5-13,22-23,26,28H,14-21,30H2,1-4H3. The van der Waals surface area contributed by atoms with Crippen LogP contribution in [-0.2, 0) is 11.4 Å². The van der Waals surface area contributed by atoms with Crippen LogP contribution in [0.5, 0.6) is 5.75 Å². The Kier molecular flexibility index (Phi) is 9.82. The van der Waals surface area contributed by atoms with Crippen LogP contribution >= 0.6 is 0 Å². The highest BCUT2D eigenvalue weighted by Gasteiger charge is 2.29. The molecule has 1 amide bonds.